The van der Waals surface area contributed by atoms with Gasteiger partial charge in [0.15, 0.2) is 5.96 Å². The molecule has 1 fully saturated rings. The monoisotopic (exact) mass is 259 g/mol. The number of nitrogens with one attached hydrogen (secondary N) is 2. The summed E-state index contributed by atoms with van der Waals surface area (Å²) in [5, 5.41) is 6.66. The molecule has 0 saturated carbocycles. The maximum atomic E-state index is 5.57. The molecule has 1 saturated heterocycles. The van der Waals surface area contributed by atoms with Crippen LogP contribution in [0.15, 0.2) is 4.99 Å². The normalized spacial score (nSPS) is 21.6. The number of hydrogen-bond acceptors (Lipinski definition) is 3. The summed E-state index contributed by atoms with van der Waals surface area (Å²) < 4.78 is 5.79. The van der Waals surface area contributed by atoms with Crippen LogP contribution in [0, 0.1) is 0 Å². The smallest absolute Gasteiger partial charge is 0.191 e. The van der Waals surface area contributed by atoms with Gasteiger partial charge in [-0.25, -0.2) is 0 Å². The third kappa shape index (κ3) is 5.64. The Bertz CT molecular complexity index is 250. The molecule has 1 unspecified atom stereocenters. The van der Waals surface area contributed by atoms with E-state index in [0.717, 1.165) is 32.1 Å². The van der Waals surface area contributed by atoms with E-state index in [9.17, 15) is 0 Å². The molecule has 1 atom stereocenters. The van der Waals surface area contributed by atoms with Crippen LogP contribution in [0.4, 0.5) is 0 Å². The third-order valence-electron chi connectivity index (χ3n) is 2.98. The highest BCUT2D eigenvalue weighted by atomic mass is 32.2. The highest BCUT2D eigenvalue weighted by molar-refractivity contribution is 7.99. The molecule has 5 heteroatoms. The van der Waals surface area contributed by atoms with Gasteiger partial charge in [-0.2, -0.15) is 11.8 Å². The van der Waals surface area contributed by atoms with Crippen LogP contribution in [0.25, 0.3) is 0 Å². The van der Waals surface area contributed by atoms with Gasteiger partial charge < -0.3 is 15.4 Å². The lowest BCUT2D eigenvalue weighted by atomic mass is 10.2. The summed E-state index contributed by atoms with van der Waals surface area (Å²) in [6, 6.07) is 0. The van der Waals surface area contributed by atoms with Gasteiger partial charge in [0.2, 0.25) is 0 Å². The molecule has 1 rings (SSSR count). The molecular formula is C12H25N3OS. The maximum Gasteiger partial charge on any atom is 0.191 e. The van der Waals surface area contributed by atoms with Crippen molar-refractivity contribution >= 4 is 17.7 Å². The minimum absolute atomic E-state index is 0.224. The van der Waals surface area contributed by atoms with Gasteiger partial charge in [-0.05, 0) is 32.9 Å². The van der Waals surface area contributed by atoms with Crippen LogP contribution in [0.2, 0.25) is 0 Å². The van der Waals surface area contributed by atoms with Crippen molar-refractivity contribution in [1.29, 1.82) is 0 Å². The molecule has 0 aromatic rings. The first-order valence-electron chi connectivity index (χ1n) is 6.18. The van der Waals surface area contributed by atoms with Gasteiger partial charge in [0.1, 0.15) is 0 Å². The number of nitrogens with zero attached hydrogens (tertiary/aromatic N) is 1. The Morgan fingerprint density at radius 3 is 2.76 bits per heavy atom. The van der Waals surface area contributed by atoms with Crippen molar-refractivity contribution in [2.24, 2.45) is 4.99 Å². The molecule has 0 aromatic heterocycles. The van der Waals surface area contributed by atoms with Gasteiger partial charge >= 0.3 is 0 Å². The molecule has 0 spiro atoms. The quantitative estimate of drug-likeness (QED) is 0.580. The molecule has 0 radical (unpaired) electrons. The summed E-state index contributed by atoms with van der Waals surface area (Å²) in [7, 11) is 1.80. The predicted molar refractivity (Wildman–Crippen MR) is 75.9 cm³/mol. The van der Waals surface area contributed by atoms with Crippen LogP contribution in [0.5, 0.6) is 0 Å². The van der Waals surface area contributed by atoms with Crippen LogP contribution in [-0.2, 0) is 4.74 Å². The van der Waals surface area contributed by atoms with Gasteiger partial charge in [-0.15, -0.1) is 0 Å². The molecule has 1 aliphatic rings. The Balaban J connectivity index is 2.24. The van der Waals surface area contributed by atoms with E-state index in [1.54, 1.807) is 7.05 Å². The summed E-state index contributed by atoms with van der Waals surface area (Å²) in [5.41, 5.74) is 0. The highest BCUT2D eigenvalue weighted by Crippen LogP contribution is 2.19. The zero-order chi connectivity index (χ0) is 12.7. The van der Waals surface area contributed by atoms with Crippen LogP contribution in [0.1, 0.15) is 26.7 Å². The molecule has 1 heterocycles. The van der Waals surface area contributed by atoms with Crippen molar-refractivity contribution in [2.75, 3.05) is 33.0 Å². The van der Waals surface area contributed by atoms with Crippen LogP contribution < -0.4 is 10.6 Å². The average Bonchev–Trinajstić information content (AvgIpc) is 2.82. The number of ether oxygens (including phenoxy) is 1. The second kappa shape index (κ2) is 7.11. The van der Waals surface area contributed by atoms with Gasteiger partial charge in [0.05, 0.1) is 6.10 Å². The Labute approximate surface area is 109 Å². The van der Waals surface area contributed by atoms with Crippen molar-refractivity contribution in [2.45, 2.75) is 37.5 Å². The number of rotatable bonds is 5. The predicted octanol–water partition coefficient (Wildman–Crippen LogP) is 1.47. The lowest BCUT2D eigenvalue weighted by molar-refractivity contribution is 0.114. The van der Waals surface area contributed by atoms with E-state index in [1.807, 2.05) is 11.8 Å². The van der Waals surface area contributed by atoms with Crippen molar-refractivity contribution in [3.63, 3.8) is 0 Å². The summed E-state index contributed by atoms with van der Waals surface area (Å²) in [6.07, 6.45) is 4.81. The lowest BCUT2D eigenvalue weighted by Crippen LogP contribution is -2.45. The minimum atomic E-state index is 0.224. The molecule has 1 aliphatic heterocycles. The summed E-state index contributed by atoms with van der Waals surface area (Å²) in [6.45, 7) is 7.09. The van der Waals surface area contributed by atoms with Crippen molar-refractivity contribution in [3.05, 3.63) is 0 Å². The second-order valence-corrected chi connectivity index (χ2v) is 6.42. The largest absolute Gasteiger partial charge is 0.376 e. The zero-order valence-corrected chi connectivity index (χ0v) is 12.2. The van der Waals surface area contributed by atoms with Gasteiger partial charge in [-0.3, -0.25) is 4.99 Å². The summed E-state index contributed by atoms with van der Waals surface area (Å²) >= 11 is 1.85. The fourth-order valence-electron chi connectivity index (χ4n) is 1.61. The van der Waals surface area contributed by atoms with Crippen LogP contribution >= 0.6 is 11.8 Å². The summed E-state index contributed by atoms with van der Waals surface area (Å²) in [4.78, 5) is 4.22. The summed E-state index contributed by atoms with van der Waals surface area (Å²) in [5.74, 6) is 0.864. The molecule has 2 N–H and O–H groups in total. The lowest BCUT2D eigenvalue weighted by Gasteiger charge is -2.24. The molecule has 0 amide bonds. The highest BCUT2D eigenvalue weighted by Gasteiger charge is 2.18. The molecule has 4 nitrogen and oxygen atoms in total. The van der Waals surface area contributed by atoms with E-state index in [0.29, 0.717) is 6.10 Å². The Morgan fingerprint density at radius 2 is 2.24 bits per heavy atom. The Hall–Kier alpha value is -0.420. The van der Waals surface area contributed by atoms with Crippen molar-refractivity contribution in [1.82, 2.24) is 10.6 Å². The molecule has 0 bridgehead atoms. The topological polar surface area (TPSA) is 45.7 Å². The van der Waals surface area contributed by atoms with E-state index in [4.69, 9.17) is 4.74 Å². The maximum absolute atomic E-state index is 5.57. The average molecular weight is 259 g/mol. The first kappa shape index (κ1) is 14.6. The SMILES string of the molecule is CN=C(NCC1CCCO1)NCC(C)(C)SC. The van der Waals surface area contributed by atoms with E-state index in [-0.39, 0.29) is 4.75 Å². The zero-order valence-electron chi connectivity index (χ0n) is 11.4. The fraction of sp³-hybridized carbons (Fsp3) is 0.917. The van der Waals surface area contributed by atoms with Gasteiger partial charge in [0, 0.05) is 31.5 Å². The van der Waals surface area contributed by atoms with E-state index < -0.39 is 0 Å². The van der Waals surface area contributed by atoms with E-state index in [1.165, 1.54) is 6.42 Å². The molecular weight excluding hydrogens is 234 g/mol. The number of hydrogen-bond donors (Lipinski definition) is 2. The molecule has 100 valence electrons. The first-order chi connectivity index (χ1) is 8.07. The second-order valence-electron chi connectivity index (χ2n) is 4.91. The molecule has 17 heavy (non-hydrogen) atoms. The number of aliphatic imine (C=N–C) groups is 1. The van der Waals surface area contributed by atoms with Crippen molar-refractivity contribution in [3.8, 4) is 0 Å². The minimum Gasteiger partial charge on any atom is -0.376 e. The first-order valence-corrected chi connectivity index (χ1v) is 7.41. The van der Waals surface area contributed by atoms with E-state index in [2.05, 4.69) is 35.7 Å². The molecule has 0 aromatic carbocycles. The number of guanidine groups is 1. The Kier molecular flexibility index (Phi) is 6.12. The van der Waals surface area contributed by atoms with Crippen LogP contribution in [0.3, 0.4) is 0 Å². The standard InChI is InChI=1S/C12H25N3OS/c1-12(2,17-4)9-15-11(13-3)14-8-10-6-5-7-16-10/h10H,5-9H2,1-4H3,(H2,13,14,15). The van der Waals surface area contributed by atoms with E-state index >= 15 is 0 Å². The van der Waals surface area contributed by atoms with Crippen LogP contribution in [-0.4, -0.2) is 49.8 Å². The van der Waals surface area contributed by atoms with Gasteiger partial charge in [0.25, 0.3) is 0 Å². The third-order valence-corrected chi connectivity index (χ3v) is 4.23. The van der Waals surface area contributed by atoms with Crippen molar-refractivity contribution < 1.29 is 4.74 Å². The Morgan fingerprint density at radius 1 is 1.47 bits per heavy atom. The molecule has 0 aliphatic carbocycles. The number of thioether (sulfide) groups is 1. The fourth-order valence-corrected chi connectivity index (χ4v) is 1.82. The van der Waals surface area contributed by atoms with Gasteiger partial charge in [-0.1, -0.05) is 0 Å².